The van der Waals surface area contributed by atoms with Crippen LogP contribution in [0, 0.1) is 6.92 Å². The summed E-state index contributed by atoms with van der Waals surface area (Å²) in [5, 5.41) is 10.5. The number of hydrogen-bond acceptors (Lipinski definition) is 3. The highest BCUT2D eigenvalue weighted by atomic mass is 16.3. The normalized spacial score (nSPS) is 10.8. The topological polar surface area (TPSA) is 55.1 Å². The molecule has 1 N–H and O–H groups in total. The molecule has 0 atom stereocenters. The van der Waals surface area contributed by atoms with E-state index in [1.54, 1.807) is 10.6 Å². The zero-order valence-corrected chi connectivity index (χ0v) is 11.1. The van der Waals surface area contributed by atoms with Crippen LogP contribution >= 0.6 is 0 Å². The van der Waals surface area contributed by atoms with Crippen molar-refractivity contribution in [1.82, 2.24) is 9.55 Å². The highest BCUT2D eigenvalue weighted by molar-refractivity contribution is 5.82. The predicted molar refractivity (Wildman–Crippen MR) is 77.9 cm³/mol. The standard InChI is InChI=1S/C16H14N2O2/c1-11-7-8-13-14(19)9-15(20)18(16(13)17-11)10-12-5-3-2-4-6-12/h2-9,19H,10H2,1H3. The van der Waals surface area contributed by atoms with Gasteiger partial charge in [0.1, 0.15) is 11.4 Å². The number of aromatic hydroxyl groups is 1. The first kappa shape index (κ1) is 12.4. The smallest absolute Gasteiger partial charge is 0.256 e. The maximum atomic E-state index is 12.1. The van der Waals surface area contributed by atoms with Crippen molar-refractivity contribution in [3.63, 3.8) is 0 Å². The third kappa shape index (κ3) is 2.16. The molecule has 4 nitrogen and oxygen atoms in total. The Morgan fingerprint density at radius 3 is 2.65 bits per heavy atom. The van der Waals surface area contributed by atoms with Crippen molar-refractivity contribution in [2.45, 2.75) is 13.5 Å². The van der Waals surface area contributed by atoms with E-state index in [-0.39, 0.29) is 11.3 Å². The summed E-state index contributed by atoms with van der Waals surface area (Å²) in [5.74, 6) is -0.0261. The summed E-state index contributed by atoms with van der Waals surface area (Å²) in [6.45, 7) is 2.30. The molecule has 3 aromatic rings. The number of nitrogens with zero attached hydrogens (tertiary/aromatic N) is 2. The van der Waals surface area contributed by atoms with Gasteiger partial charge < -0.3 is 5.11 Å². The van der Waals surface area contributed by atoms with Gasteiger partial charge in [-0.1, -0.05) is 30.3 Å². The summed E-state index contributed by atoms with van der Waals surface area (Å²) in [4.78, 5) is 16.5. The zero-order valence-electron chi connectivity index (χ0n) is 11.1. The van der Waals surface area contributed by atoms with E-state index in [4.69, 9.17) is 0 Å². The van der Waals surface area contributed by atoms with E-state index in [1.807, 2.05) is 43.3 Å². The van der Waals surface area contributed by atoms with Crippen LogP contribution in [0.4, 0.5) is 0 Å². The van der Waals surface area contributed by atoms with Gasteiger partial charge in [0.25, 0.3) is 5.56 Å². The van der Waals surface area contributed by atoms with Crippen LogP contribution < -0.4 is 5.56 Å². The van der Waals surface area contributed by atoms with Gasteiger partial charge in [0.15, 0.2) is 0 Å². The van der Waals surface area contributed by atoms with Crippen LogP contribution in [-0.2, 0) is 6.54 Å². The fourth-order valence-corrected chi connectivity index (χ4v) is 2.24. The highest BCUT2D eigenvalue weighted by Crippen LogP contribution is 2.21. The Morgan fingerprint density at radius 2 is 1.90 bits per heavy atom. The van der Waals surface area contributed by atoms with Crippen LogP contribution in [0.5, 0.6) is 5.75 Å². The second kappa shape index (κ2) is 4.81. The first-order chi connectivity index (χ1) is 9.65. The molecule has 0 amide bonds. The summed E-state index contributed by atoms with van der Waals surface area (Å²) < 4.78 is 1.58. The molecule has 3 rings (SSSR count). The minimum atomic E-state index is -0.253. The van der Waals surface area contributed by atoms with Gasteiger partial charge in [-0.15, -0.1) is 0 Å². The average molecular weight is 266 g/mol. The second-order valence-corrected chi connectivity index (χ2v) is 4.76. The quantitative estimate of drug-likeness (QED) is 0.775. The lowest BCUT2D eigenvalue weighted by Crippen LogP contribution is -2.21. The van der Waals surface area contributed by atoms with Gasteiger partial charge in [-0.2, -0.15) is 0 Å². The monoisotopic (exact) mass is 266 g/mol. The van der Waals surface area contributed by atoms with Crippen LogP contribution in [0.1, 0.15) is 11.3 Å². The lowest BCUT2D eigenvalue weighted by atomic mass is 10.2. The molecule has 0 saturated carbocycles. The van der Waals surface area contributed by atoms with Crippen molar-refractivity contribution < 1.29 is 5.11 Å². The molecule has 100 valence electrons. The molecule has 0 aliphatic rings. The van der Waals surface area contributed by atoms with Crippen molar-refractivity contribution in [1.29, 1.82) is 0 Å². The molecule has 0 saturated heterocycles. The minimum Gasteiger partial charge on any atom is -0.507 e. The fourth-order valence-electron chi connectivity index (χ4n) is 2.24. The summed E-state index contributed by atoms with van der Waals surface area (Å²) >= 11 is 0. The van der Waals surface area contributed by atoms with Crippen molar-refractivity contribution >= 4 is 11.0 Å². The number of hydrogen-bond donors (Lipinski definition) is 1. The van der Waals surface area contributed by atoms with Crippen molar-refractivity contribution in [2.24, 2.45) is 0 Å². The molecule has 0 fully saturated rings. The van der Waals surface area contributed by atoms with Gasteiger partial charge in [0, 0.05) is 11.8 Å². The largest absolute Gasteiger partial charge is 0.507 e. The van der Waals surface area contributed by atoms with Gasteiger partial charge in [-0.05, 0) is 24.6 Å². The molecule has 0 radical (unpaired) electrons. The molecule has 1 aromatic carbocycles. The average Bonchev–Trinajstić information content (AvgIpc) is 2.44. The molecule has 0 aliphatic carbocycles. The van der Waals surface area contributed by atoms with E-state index < -0.39 is 0 Å². The van der Waals surface area contributed by atoms with Crippen molar-refractivity contribution in [3.8, 4) is 5.75 Å². The molecule has 4 heteroatoms. The molecule has 0 aliphatic heterocycles. The van der Waals surface area contributed by atoms with Gasteiger partial charge in [0.05, 0.1) is 11.9 Å². The molecular formula is C16H14N2O2. The Labute approximate surface area is 116 Å². The van der Waals surface area contributed by atoms with E-state index >= 15 is 0 Å². The SMILES string of the molecule is Cc1ccc2c(O)cc(=O)n(Cc3ccccc3)c2n1. The lowest BCUT2D eigenvalue weighted by Gasteiger charge is -2.11. The molecule has 0 unspecified atom stereocenters. The molecule has 2 heterocycles. The third-order valence-corrected chi connectivity index (χ3v) is 3.26. The van der Waals surface area contributed by atoms with Crippen LogP contribution in [0.15, 0.2) is 53.3 Å². The van der Waals surface area contributed by atoms with Crippen LogP contribution in [-0.4, -0.2) is 14.7 Å². The van der Waals surface area contributed by atoms with E-state index in [0.717, 1.165) is 11.3 Å². The molecular weight excluding hydrogens is 252 g/mol. The van der Waals surface area contributed by atoms with Gasteiger partial charge >= 0.3 is 0 Å². The minimum absolute atomic E-state index is 0.0261. The number of fused-ring (bicyclic) bond motifs is 1. The van der Waals surface area contributed by atoms with Crippen molar-refractivity contribution in [2.75, 3.05) is 0 Å². The first-order valence-electron chi connectivity index (χ1n) is 6.39. The Balaban J connectivity index is 2.24. The van der Waals surface area contributed by atoms with E-state index in [1.165, 1.54) is 6.07 Å². The Hall–Kier alpha value is -2.62. The maximum Gasteiger partial charge on any atom is 0.256 e. The second-order valence-electron chi connectivity index (χ2n) is 4.76. The molecule has 0 spiro atoms. The van der Waals surface area contributed by atoms with Crippen LogP contribution in [0.2, 0.25) is 0 Å². The van der Waals surface area contributed by atoms with E-state index in [9.17, 15) is 9.90 Å². The van der Waals surface area contributed by atoms with Gasteiger partial charge in [0.2, 0.25) is 0 Å². The lowest BCUT2D eigenvalue weighted by molar-refractivity contribution is 0.479. The Morgan fingerprint density at radius 1 is 1.15 bits per heavy atom. The van der Waals surface area contributed by atoms with Crippen molar-refractivity contribution in [3.05, 3.63) is 70.1 Å². The fraction of sp³-hybridized carbons (Fsp3) is 0.125. The number of aromatic nitrogens is 2. The molecule has 0 bridgehead atoms. The Bertz CT molecular complexity index is 823. The maximum absolute atomic E-state index is 12.1. The highest BCUT2D eigenvalue weighted by Gasteiger charge is 2.10. The van der Waals surface area contributed by atoms with Crippen LogP contribution in [0.25, 0.3) is 11.0 Å². The number of pyridine rings is 2. The predicted octanol–water partition coefficient (Wildman–Crippen LogP) is 2.46. The zero-order chi connectivity index (χ0) is 14.1. The summed E-state index contributed by atoms with van der Waals surface area (Å²) in [7, 11) is 0. The van der Waals surface area contributed by atoms with Gasteiger partial charge in [-0.25, -0.2) is 4.98 Å². The molecule has 2 aromatic heterocycles. The number of rotatable bonds is 2. The van der Waals surface area contributed by atoms with E-state index in [2.05, 4.69) is 4.98 Å². The summed E-state index contributed by atoms with van der Waals surface area (Å²) in [6.07, 6.45) is 0. The summed E-state index contributed by atoms with van der Waals surface area (Å²) in [5.41, 5.74) is 2.09. The molecule has 20 heavy (non-hydrogen) atoms. The summed E-state index contributed by atoms with van der Waals surface area (Å²) in [6, 6.07) is 14.6. The van der Waals surface area contributed by atoms with Crippen LogP contribution in [0.3, 0.4) is 0 Å². The number of aryl methyl sites for hydroxylation is 1. The van der Waals surface area contributed by atoms with Gasteiger partial charge in [-0.3, -0.25) is 9.36 Å². The van der Waals surface area contributed by atoms with E-state index in [0.29, 0.717) is 17.6 Å². The number of benzene rings is 1. The third-order valence-electron chi connectivity index (χ3n) is 3.26. The Kier molecular flexibility index (Phi) is 2.99. The first-order valence-corrected chi connectivity index (χ1v) is 6.39.